The molecule has 2 atom stereocenters. The fourth-order valence-corrected chi connectivity index (χ4v) is 2.78. The molecule has 1 N–H and O–H groups in total. The van der Waals surface area contributed by atoms with Gasteiger partial charge in [0.25, 0.3) is 0 Å². The van der Waals surface area contributed by atoms with Gasteiger partial charge in [-0.05, 0) is 31.0 Å². The molecule has 0 amide bonds. The van der Waals surface area contributed by atoms with Gasteiger partial charge in [-0.2, -0.15) is 0 Å². The first-order chi connectivity index (χ1) is 10.5. The van der Waals surface area contributed by atoms with Crippen LogP contribution < -0.4 is 5.32 Å². The lowest BCUT2D eigenvalue weighted by molar-refractivity contribution is 0.107. The summed E-state index contributed by atoms with van der Waals surface area (Å²) >= 11 is 5.91. The molecular weight excluding hydrogens is 312 g/mol. The fraction of sp³-hybridized carbons (Fsp3) is 0.333. The van der Waals surface area contributed by atoms with Crippen LogP contribution in [0.2, 0.25) is 5.15 Å². The van der Waals surface area contributed by atoms with Gasteiger partial charge in [-0.25, -0.2) is 18.7 Å². The number of ether oxygens (including phenoxy) is 1. The Bertz CT molecular complexity index is 678. The van der Waals surface area contributed by atoms with E-state index in [0.29, 0.717) is 29.0 Å². The van der Waals surface area contributed by atoms with E-state index in [2.05, 4.69) is 15.3 Å². The second-order valence-corrected chi connectivity index (χ2v) is 5.51. The van der Waals surface area contributed by atoms with Crippen molar-refractivity contribution in [3.63, 3.8) is 0 Å². The molecule has 0 spiro atoms. The van der Waals surface area contributed by atoms with Gasteiger partial charge < -0.3 is 10.1 Å². The molecular formula is C15H14ClF2N3O. The zero-order valence-corrected chi connectivity index (χ0v) is 12.6. The fourth-order valence-electron chi connectivity index (χ4n) is 2.55. The standard InChI is InChI=1S/C15H14ClF2N3O/c1-8-19-13(16)7-14(20-8)21-12-4-5-22-15(12)9-2-3-10(17)11(18)6-9/h2-3,6-7,12,15H,4-5H2,1H3,(H,19,20,21). The monoisotopic (exact) mass is 325 g/mol. The van der Waals surface area contributed by atoms with Crippen LogP contribution in [0.1, 0.15) is 23.9 Å². The summed E-state index contributed by atoms with van der Waals surface area (Å²) in [4.78, 5) is 8.26. The summed E-state index contributed by atoms with van der Waals surface area (Å²) in [6.07, 6.45) is 0.355. The lowest BCUT2D eigenvalue weighted by Gasteiger charge is -2.21. The van der Waals surface area contributed by atoms with Gasteiger partial charge in [-0.15, -0.1) is 0 Å². The van der Waals surface area contributed by atoms with Crippen molar-refractivity contribution in [2.24, 2.45) is 0 Å². The van der Waals surface area contributed by atoms with Gasteiger partial charge in [0.15, 0.2) is 11.6 Å². The molecule has 0 aliphatic carbocycles. The Balaban J connectivity index is 1.82. The number of halogens is 3. The summed E-state index contributed by atoms with van der Waals surface area (Å²) in [5.41, 5.74) is 0.589. The molecule has 2 unspecified atom stereocenters. The van der Waals surface area contributed by atoms with Crippen molar-refractivity contribution in [3.8, 4) is 0 Å². The van der Waals surface area contributed by atoms with Crippen LogP contribution in [-0.4, -0.2) is 22.6 Å². The highest BCUT2D eigenvalue weighted by atomic mass is 35.5. The van der Waals surface area contributed by atoms with E-state index in [4.69, 9.17) is 16.3 Å². The van der Waals surface area contributed by atoms with Gasteiger partial charge >= 0.3 is 0 Å². The highest BCUT2D eigenvalue weighted by molar-refractivity contribution is 6.29. The van der Waals surface area contributed by atoms with Crippen LogP contribution >= 0.6 is 11.6 Å². The third kappa shape index (κ3) is 3.18. The second-order valence-electron chi connectivity index (χ2n) is 5.13. The van der Waals surface area contributed by atoms with Crippen LogP contribution in [0.25, 0.3) is 0 Å². The molecule has 2 aromatic rings. The summed E-state index contributed by atoms with van der Waals surface area (Å²) in [6, 6.07) is 5.32. The van der Waals surface area contributed by atoms with Crippen molar-refractivity contribution in [2.45, 2.75) is 25.5 Å². The van der Waals surface area contributed by atoms with Gasteiger partial charge in [-0.3, -0.25) is 0 Å². The quantitative estimate of drug-likeness (QED) is 0.875. The SMILES string of the molecule is Cc1nc(Cl)cc(NC2CCOC2c2ccc(F)c(F)c2)n1. The highest BCUT2D eigenvalue weighted by Gasteiger charge is 2.30. The van der Waals surface area contributed by atoms with Crippen molar-refractivity contribution >= 4 is 17.4 Å². The summed E-state index contributed by atoms with van der Waals surface area (Å²) in [7, 11) is 0. The number of nitrogens with one attached hydrogen (secondary N) is 1. The molecule has 116 valence electrons. The summed E-state index contributed by atoms with van der Waals surface area (Å²) in [5.74, 6) is -0.615. The zero-order chi connectivity index (χ0) is 15.7. The highest BCUT2D eigenvalue weighted by Crippen LogP contribution is 2.32. The molecule has 3 rings (SSSR count). The van der Waals surface area contributed by atoms with E-state index < -0.39 is 11.6 Å². The Hall–Kier alpha value is -1.79. The summed E-state index contributed by atoms with van der Waals surface area (Å²) in [6.45, 7) is 2.27. The molecule has 1 aliphatic rings. The molecule has 1 aromatic carbocycles. The molecule has 2 heterocycles. The number of hydrogen-bond donors (Lipinski definition) is 1. The van der Waals surface area contributed by atoms with E-state index in [1.807, 2.05) is 0 Å². The van der Waals surface area contributed by atoms with E-state index in [1.54, 1.807) is 13.0 Å². The summed E-state index contributed by atoms with van der Waals surface area (Å²) < 4.78 is 32.1. The number of aryl methyl sites for hydroxylation is 1. The molecule has 0 saturated carbocycles. The maximum atomic E-state index is 13.4. The molecule has 22 heavy (non-hydrogen) atoms. The van der Waals surface area contributed by atoms with Crippen LogP contribution in [0.15, 0.2) is 24.3 Å². The van der Waals surface area contributed by atoms with Gasteiger partial charge in [-0.1, -0.05) is 17.7 Å². The van der Waals surface area contributed by atoms with Crippen LogP contribution in [0.5, 0.6) is 0 Å². The summed E-state index contributed by atoms with van der Waals surface area (Å²) in [5, 5.41) is 3.57. The Labute approximate surface area is 131 Å². The van der Waals surface area contributed by atoms with E-state index in [1.165, 1.54) is 6.07 Å². The van der Waals surface area contributed by atoms with Crippen LogP contribution in [0.4, 0.5) is 14.6 Å². The third-order valence-corrected chi connectivity index (χ3v) is 3.70. The predicted molar refractivity (Wildman–Crippen MR) is 78.9 cm³/mol. The minimum absolute atomic E-state index is 0.102. The molecule has 1 fully saturated rings. The van der Waals surface area contributed by atoms with Crippen LogP contribution in [0.3, 0.4) is 0 Å². The first kappa shape index (κ1) is 15.1. The number of anilines is 1. The third-order valence-electron chi connectivity index (χ3n) is 3.50. The Morgan fingerprint density at radius 3 is 2.77 bits per heavy atom. The van der Waals surface area contributed by atoms with E-state index in [0.717, 1.165) is 18.6 Å². The maximum Gasteiger partial charge on any atom is 0.159 e. The van der Waals surface area contributed by atoms with Crippen molar-refractivity contribution in [1.29, 1.82) is 0 Å². The van der Waals surface area contributed by atoms with Gasteiger partial charge in [0, 0.05) is 12.7 Å². The first-order valence-electron chi connectivity index (χ1n) is 6.87. The lowest BCUT2D eigenvalue weighted by atomic mass is 10.0. The Morgan fingerprint density at radius 1 is 1.23 bits per heavy atom. The molecule has 4 nitrogen and oxygen atoms in total. The van der Waals surface area contributed by atoms with Gasteiger partial charge in [0.1, 0.15) is 22.9 Å². The van der Waals surface area contributed by atoms with Gasteiger partial charge in [0.2, 0.25) is 0 Å². The average Bonchev–Trinajstić information content (AvgIpc) is 2.89. The van der Waals surface area contributed by atoms with E-state index in [9.17, 15) is 8.78 Å². The zero-order valence-electron chi connectivity index (χ0n) is 11.8. The average molecular weight is 326 g/mol. The molecule has 1 aromatic heterocycles. The number of rotatable bonds is 3. The molecule has 1 aliphatic heterocycles. The number of aromatic nitrogens is 2. The largest absolute Gasteiger partial charge is 0.371 e. The Kier molecular flexibility index (Phi) is 4.22. The first-order valence-corrected chi connectivity index (χ1v) is 7.25. The minimum Gasteiger partial charge on any atom is -0.371 e. The van der Waals surface area contributed by atoms with Crippen molar-refractivity contribution < 1.29 is 13.5 Å². The predicted octanol–water partition coefficient (Wildman–Crippen LogP) is 3.66. The number of benzene rings is 1. The maximum absolute atomic E-state index is 13.4. The molecule has 1 saturated heterocycles. The van der Waals surface area contributed by atoms with Crippen LogP contribution in [-0.2, 0) is 4.74 Å². The molecule has 0 bridgehead atoms. The van der Waals surface area contributed by atoms with Gasteiger partial charge in [0.05, 0.1) is 6.04 Å². The minimum atomic E-state index is -0.882. The van der Waals surface area contributed by atoms with Crippen molar-refractivity contribution in [1.82, 2.24) is 9.97 Å². The van der Waals surface area contributed by atoms with Crippen molar-refractivity contribution in [2.75, 3.05) is 11.9 Å². The van der Waals surface area contributed by atoms with Crippen molar-refractivity contribution in [3.05, 3.63) is 52.4 Å². The van der Waals surface area contributed by atoms with E-state index in [-0.39, 0.29) is 12.1 Å². The Morgan fingerprint density at radius 2 is 2.05 bits per heavy atom. The number of hydrogen-bond acceptors (Lipinski definition) is 4. The lowest BCUT2D eigenvalue weighted by Crippen LogP contribution is -2.24. The van der Waals surface area contributed by atoms with Crippen LogP contribution in [0, 0.1) is 18.6 Å². The topological polar surface area (TPSA) is 47.0 Å². The van der Waals surface area contributed by atoms with E-state index >= 15 is 0 Å². The normalized spacial score (nSPS) is 21.1. The molecule has 0 radical (unpaired) electrons. The number of nitrogens with zero attached hydrogens (tertiary/aromatic N) is 2. The molecule has 7 heteroatoms. The smallest absolute Gasteiger partial charge is 0.159 e. The second kappa shape index (κ2) is 6.14.